The fourth-order valence-electron chi connectivity index (χ4n) is 1.90. The zero-order chi connectivity index (χ0) is 12.1. The first-order valence-corrected chi connectivity index (χ1v) is 5.10. The molecule has 6 heteroatoms. The molecule has 0 aromatic heterocycles. The molecule has 0 saturated carbocycles. The molecular formula is C10H20O6. The van der Waals surface area contributed by atoms with Gasteiger partial charge in [-0.3, -0.25) is 0 Å². The van der Waals surface area contributed by atoms with Gasteiger partial charge in [0.2, 0.25) is 0 Å². The van der Waals surface area contributed by atoms with E-state index in [1.54, 1.807) is 7.11 Å². The minimum Gasteiger partial charge on any atom is -0.387 e. The van der Waals surface area contributed by atoms with Crippen molar-refractivity contribution in [1.82, 2.24) is 0 Å². The standard InChI is InChI=1S/C10H20O6/c1-12-5-6-7(11)8(13-2)9(14-3)10(15-4)16-6/h6-11H,5H2,1-4H3/t6-,7+,8+,9-,10-/m1/s1. The average molecular weight is 236 g/mol. The van der Waals surface area contributed by atoms with Crippen LogP contribution in [0.2, 0.25) is 0 Å². The number of ether oxygens (including phenoxy) is 5. The first kappa shape index (κ1) is 13.8. The Morgan fingerprint density at radius 2 is 1.62 bits per heavy atom. The van der Waals surface area contributed by atoms with Gasteiger partial charge >= 0.3 is 0 Å². The summed E-state index contributed by atoms with van der Waals surface area (Å²) in [7, 11) is 6.10. The van der Waals surface area contributed by atoms with Crippen molar-refractivity contribution in [3.8, 4) is 0 Å². The number of rotatable bonds is 5. The predicted octanol–water partition coefficient (Wildman–Crippen LogP) is -0.605. The molecule has 1 rings (SSSR count). The Kier molecular flexibility index (Phi) is 5.60. The Hall–Kier alpha value is -0.240. The van der Waals surface area contributed by atoms with Gasteiger partial charge in [-0.1, -0.05) is 0 Å². The Morgan fingerprint density at radius 3 is 2.06 bits per heavy atom. The fourth-order valence-corrected chi connectivity index (χ4v) is 1.90. The molecule has 0 radical (unpaired) electrons. The van der Waals surface area contributed by atoms with Crippen LogP contribution in [0.1, 0.15) is 0 Å². The smallest absolute Gasteiger partial charge is 0.186 e. The van der Waals surface area contributed by atoms with E-state index >= 15 is 0 Å². The summed E-state index contributed by atoms with van der Waals surface area (Å²) in [4.78, 5) is 0. The van der Waals surface area contributed by atoms with Crippen molar-refractivity contribution in [2.45, 2.75) is 30.7 Å². The zero-order valence-electron chi connectivity index (χ0n) is 10.1. The lowest BCUT2D eigenvalue weighted by Gasteiger charge is -2.42. The summed E-state index contributed by atoms with van der Waals surface area (Å²) in [6, 6.07) is 0. The molecule has 1 aliphatic rings. The molecule has 16 heavy (non-hydrogen) atoms. The highest BCUT2D eigenvalue weighted by molar-refractivity contribution is 4.90. The van der Waals surface area contributed by atoms with Gasteiger partial charge < -0.3 is 28.8 Å². The van der Waals surface area contributed by atoms with E-state index in [4.69, 9.17) is 23.7 Å². The van der Waals surface area contributed by atoms with E-state index < -0.39 is 30.7 Å². The van der Waals surface area contributed by atoms with Gasteiger partial charge in [0.25, 0.3) is 0 Å². The molecule has 5 atom stereocenters. The number of hydrogen-bond acceptors (Lipinski definition) is 6. The van der Waals surface area contributed by atoms with Gasteiger partial charge in [0, 0.05) is 28.4 Å². The lowest BCUT2D eigenvalue weighted by Crippen LogP contribution is -2.60. The third-order valence-electron chi connectivity index (χ3n) is 2.73. The number of aliphatic hydroxyl groups excluding tert-OH is 1. The maximum Gasteiger partial charge on any atom is 0.186 e. The van der Waals surface area contributed by atoms with Gasteiger partial charge in [-0.15, -0.1) is 0 Å². The molecule has 1 saturated heterocycles. The molecule has 96 valence electrons. The normalized spacial score (nSPS) is 39.9. The van der Waals surface area contributed by atoms with Crippen LogP contribution in [-0.2, 0) is 23.7 Å². The Morgan fingerprint density at radius 1 is 1.00 bits per heavy atom. The molecule has 0 unspecified atom stereocenters. The highest BCUT2D eigenvalue weighted by Crippen LogP contribution is 2.25. The molecular weight excluding hydrogens is 216 g/mol. The summed E-state index contributed by atoms with van der Waals surface area (Å²) in [6.45, 7) is 0.275. The van der Waals surface area contributed by atoms with E-state index in [2.05, 4.69) is 0 Å². The van der Waals surface area contributed by atoms with E-state index in [0.29, 0.717) is 0 Å². The minimum absolute atomic E-state index is 0.275. The Balaban J connectivity index is 2.76. The molecule has 6 nitrogen and oxygen atoms in total. The van der Waals surface area contributed by atoms with Gasteiger partial charge in [0.05, 0.1) is 6.61 Å². The topological polar surface area (TPSA) is 66.4 Å². The molecule has 0 aromatic carbocycles. The Bertz CT molecular complexity index is 200. The second kappa shape index (κ2) is 6.48. The van der Waals surface area contributed by atoms with Gasteiger partial charge in [-0.2, -0.15) is 0 Å². The van der Waals surface area contributed by atoms with E-state index in [0.717, 1.165) is 0 Å². The highest BCUT2D eigenvalue weighted by atomic mass is 16.7. The van der Waals surface area contributed by atoms with Crippen LogP contribution >= 0.6 is 0 Å². The van der Waals surface area contributed by atoms with Crippen molar-refractivity contribution in [2.75, 3.05) is 35.0 Å². The first-order chi connectivity index (χ1) is 7.69. The molecule has 1 fully saturated rings. The van der Waals surface area contributed by atoms with Crippen molar-refractivity contribution in [3.63, 3.8) is 0 Å². The monoisotopic (exact) mass is 236 g/mol. The van der Waals surface area contributed by atoms with Crippen LogP contribution in [0, 0.1) is 0 Å². The SMILES string of the molecule is COC[C@H]1O[C@@H](OC)[C@H](OC)[C@@H](OC)[C@H]1O. The second-order valence-electron chi connectivity index (χ2n) is 3.63. The van der Waals surface area contributed by atoms with Crippen LogP contribution in [-0.4, -0.2) is 70.9 Å². The summed E-state index contributed by atoms with van der Waals surface area (Å²) in [5.41, 5.74) is 0. The lowest BCUT2D eigenvalue weighted by molar-refractivity contribution is -0.303. The maximum absolute atomic E-state index is 10.0. The Labute approximate surface area is 95.4 Å². The summed E-state index contributed by atoms with van der Waals surface area (Å²) in [6.07, 6.45) is -2.81. The largest absolute Gasteiger partial charge is 0.387 e. The third-order valence-corrected chi connectivity index (χ3v) is 2.73. The van der Waals surface area contributed by atoms with Crippen LogP contribution in [0.15, 0.2) is 0 Å². The van der Waals surface area contributed by atoms with Crippen LogP contribution in [0.25, 0.3) is 0 Å². The maximum atomic E-state index is 10.0. The summed E-state index contributed by atoms with van der Waals surface area (Å²) >= 11 is 0. The van der Waals surface area contributed by atoms with Crippen LogP contribution < -0.4 is 0 Å². The van der Waals surface area contributed by atoms with Crippen LogP contribution in [0.3, 0.4) is 0 Å². The van der Waals surface area contributed by atoms with Gasteiger partial charge in [-0.05, 0) is 0 Å². The van der Waals surface area contributed by atoms with Crippen molar-refractivity contribution in [1.29, 1.82) is 0 Å². The van der Waals surface area contributed by atoms with Crippen molar-refractivity contribution < 1.29 is 28.8 Å². The van der Waals surface area contributed by atoms with Crippen molar-refractivity contribution in [3.05, 3.63) is 0 Å². The summed E-state index contributed by atoms with van der Waals surface area (Å²) < 4.78 is 26.1. The third kappa shape index (κ3) is 2.71. The van der Waals surface area contributed by atoms with Gasteiger partial charge in [0.15, 0.2) is 6.29 Å². The molecule has 0 aliphatic carbocycles. The summed E-state index contributed by atoms with van der Waals surface area (Å²) in [5.74, 6) is 0. The quantitative estimate of drug-likeness (QED) is 0.687. The van der Waals surface area contributed by atoms with Gasteiger partial charge in [0.1, 0.15) is 24.4 Å². The first-order valence-electron chi connectivity index (χ1n) is 5.10. The predicted molar refractivity (Wildman–Crippen MR) is 55.1 cm³/mol. The van der Waals surface area contributed by atoms with E-state index in [1.165, 1.54) is 21.3 Å². The molecule has 0 aromatic rings. The second-order valence-corrected chi connectivity index (χ2v) is 3.63. The molecule has 1 heterocycles. The molecule has 0 spiro atoms. The number of hydrogen-bond donors (Lipinski definition) is 1. The van der Waals surface area contributed by atoms with Crippen LogP contribution in [0.4, 0.5) is 0 Å². The fraction of sp³-hybridized carbons (Fsp3) is 1.00. The number of methoxy groups -OCH3 is 4. The van der Waals surface area contributed by atoms with E-state index in [1.807, 2.05) is 0 Å². The summed E-state index contributed by atoms with van der Waals surface area (Å²) in [5, 5.41) is 10.0. The molecule has 1 N–H and O–H groups in total. The van der Waals surface area contributed by atoms with Crippen molar-refractivity contribution >= 4 is 0 Å². The van der Waals surface area contributed by atoms with Crippen molar-refractivity contribution in [2.24, 2.45) is 0 Å². The molecule has 0 bridgehead atoms. The minimum atomic E-state index is -0.804. The molecule has 0 amide bonds. The van der Waals surface area contributed by atoms with E-state index in [-0.39, 0.29) is 6.61 Å². The molecule has 1 aliphatic heterocycles. The zero-order valence-corrected chi connectivity index (χ0v) is 10.1. The van der Waals surface area contributed by atoms with Gasteiger partial charge in [-0.25, -0.2) is 0 Å². The number of aliphatic hydroxyl groups is 1. The lowest BCUT2D eigenvalue weighted by atomic mass is 9.99. The average Bonchev–Trinajstić information content (AvgIpc) is 2.31. The van der Waals surface area contributed by atoms with Crippen LogP contribution in [0.5, 0.6) is 0 Å². The highest BCUT2D eigenvalue weighted by Gasteiger charge is 2.46. The van der Waals surface area contributed by atoms with E-state index in [9.17, 15) is 5.11 Å².